The topological polar surface area (TPSA) is 75.6 Å². The third-order valence-corrected chi connectivity index (χ3v) is 2.47. The molecular weight excluding hydrogens is 210 g/mol. The monoisotopic (exact) mass is 231 g/mol. The lowest BCUT2D eigenvalue weighted by Crippen LogP contribution is -2.34. The van der Waals surface area contributed by atoms with Gasteiger partial charge in [0.1, 0.15) is 0 Å². The zero-order chi connectivity index (χ0) is 12.6. The Bertz CT molecular complexity index is 226. The van der Waals surface area contributed by atoms with Crippen molar-refractivity contribution in [2.45, 2.75) is 39.7 Å². The van der Waals surface area contributed by atoms with Crippen molar-refractivity contribution >= 4 is 11.9 Å². The van der Waals surface area contributed by atoms with Gasteiger partial charge in [-0.3, -0.25) is 4.79 Å². The molecule has 1 atom stereocenters. The number of carbonyl (C=O) groups is 2. The van der Waals surface area contributed by atoms with Crippen molar-refractivity contribution in [2.24, 2.45) is 5.92 Å². The van der Waals surface area contributed by atoms with Crippen molar-refractivity contribution in [2.75, 3.05) is 13.2 Å². The second kappa shape index (κ2) is 8.10. The van der Waals surface area contributed by atoms with Crippen LogP contribution in [0.15, 0.2) is 0 Å². The summed E-state index contributed by atoms with van der Waals surface area (Å²) in [5.41, 5.74) is 0. The molecule has 1 unspecified atom stereocenters. The van der Waals surface area contributed by atoms with Crippen LogP contribution in [-0.2, 0) is 14.3 Å². The zero-order valence-corrected chi connectivity index (χ0v) is 10.2. The molecule has 0 aromatic heterocycles. The summed E-state index contributed by atoms with van der Waals surface area (Å²) >= 11 is 0. The Morgan fingerprint density at radius 2 is 1.88 bits per heavy atom. The molecule has 0 aromatic carbocycles. The van der Waals surface area contributed by atoms with Crippen LogP contribution < -0.4 is 5.32 Å². The fourth-order valence-corrected chi connectivity index (χ4v) is 1.29. The number of carbonyl (C=O) groups excluding carboxylic acids is 1. The minimum Gasteiger partial charge on any atom is -0.479 e. The van der Waals surface area contributed by atoms with Crippen molar-refractivity contribution in [3.8, 4) is 0 Å². The van der Waals surface area contributed by atoms with Crippen molar-refractivity contribution < 1.29 is 19.4 Å². The molecule has 0 bridgehead atoms. The van der Waals surface area contributed by atoms with Crippen LogP contribution in [0.1, 0.15) is 33.6 Å². The normalized spacial score (nSPS) is 12.5. The molecule has 1 amide bonds. The summed E-state index contributed by atoms with van der Waals surface area (Å²) in [5.74, 6) is -0.945. The molecule has 0 fully saturated rings. The van der Waals surface area contributed by atoms with E-state index in [0.717, 1.165) is 12.8 Å². The van der Waals surface area contributed by atoms with Gasteiger partial charge >= 0.3 is 5.97 Å². The average molecular weight is 231 g/mol. The number of ether oxygens (including phenoxy) is 1. The number of carboxylic acids is 1. The van der Waals surface area contributed by atoms with Crippen LogP contribution in [-0.4, -0.2) is 36.2 Å². The molecule has 0 saturated heterocycles. The Morgan fingerprint density at radius 1 is 1.31 bits per heavy atom. The van der Waals surface area contributed by atoms with E-state index in [9.17, 15) is 9.59 Å². The van der Waals surface area contributed by atoms with E-state index in [4.69, 9.17) is 9.84 Å². The Balaban J connectivity index is 3.66. The van der Waals surface area contributed by atoms with E-state index in [1.54, 1.807) is 0 Å². The summed E-state index contributed by atoms with van der Waals surface area (Å²) in [5, 5.41) is 11.3. The van der Waals surface area contributed by atoms with E-state index < -0.39 is 12.1 Å². The lowest BCUT2D eigenvalue weighted by Gasteiger charge is -2.13. The van der Waals surface area contributed by atoms with Crippen LogP contribution in [0.2, 0.25) is 0 Å². The van der Waals surface area contributed by atoms with Gasteiger partial charge in [0.2, 0.25) is 5.91 Å². The highest BCUT2D eigenvalue weighted by molar-refractivity contribution is 5.78. The average Bonchev–Trinajstić information content (AvgIpc) is 2.25. The predicted octanol–water partition coefficient (Wildman–Crippen LogP) is 1.03. The molecule has 5 heteroatoms. The van der Waals surface area contributed by atoms with Gasteiger partial charge in [-0.15, -0.1) is 0 Å². The standard InChI is InChI=1S/C11H21NO4/c1-4-9(5-2)10(13)12-6-7-16-8(3)11(14)15/h8-9H,4-7H2,1-3H3,(H,12,13)(H,14,15). The highest BCUT2D eigenvalue weighted by atomic mass is 16.5. The summed E-state index contributed by atoms with van der Waals surface area (Å²) in [6, 6.07) is 0. The number of hydrogen-bond acceptors (Lipinski definition) is 3. The number of hydrogen-bond donors (Lipinski definition) is 2. The number of nitrogens with one attached hydrogen (secondary N) is 1. The highest BCUT2D eigenvalue weighted by Crippen LogP contribution is 2.06. The van der Waals surface area contributed by atoms with E-state index in [1.807, 2.05) is 13.8 Å². The quantitative estimate of drug-likeness (QED) is 0.612. The Kier molecular flexibility index (Phi) is 7.54. The first-order chi connectivity index (χ1) is 7.52. The van der Waals surface area contributed by atoms with Crippen molar-refractivity contribution in [3.05, 3.63) is 0 Å². The first-order valence-electron chi connectivity index (χ1n) is 5.65. The second-order valence-electron chi connectivity index (χ2n) is 3.66. The van der Waals surface area contributed by atoms with Crippen molar-refractivity contribution in [3.63, 3.8) is 0 Å². The number of carboxylic acid groups (broad SMARTS) is 1. The minimum absolute atomic E-state index is 0.0107. The minimum atomic E-state index is -0.994. The van der Waals surface area contributed by atoms with Crippen molar-refractivity contribution in [1.29, 1.82) is 0 Å². The van der Waals surface area contributed by atoms with Gasteiger partial charge in [-0.25, -0.2) is 4.79 Å². The SMILES string of the molecule is CCC(CC)C(=O)NCCOC(C)C(=O)O. The van der Waals surface area contributed by atoms with E-state index in [0.29, 0.717) is 6.54 Å². The molecule has 16 heavy (non-hydrogen) atoms. The van der Waals surface area contributed by atoms with Crippen LogP contribution in [0.25, 0.3) is 0 Å². The number of rotatable bonds is 8. The van der Waals surface area contributed by atoms with Crippen LogP contribution in [0, 0.1) is 5.92 Å². The van der Waals surface area contributed by atoms with Gasteiger partial charge < -0.3 is 15.2 Å². The van der Waals surface area contributed by atoms with E-state index in [2.05, 4.69) is 5.32 Å². The van der Waals surface area contributed by atoms with E-state index >= 15 is 0 Å². The fourth-order valence-electron chi connectivity index (χ4n) is 1.29. The summed E-state index contributed by atoms with van der Waals surface area (Å²) in [4.78, 5) is 21.9. The molecule has 0 aliphatic rings. The number of amides is 1. The van der Waals surface area contributed by atoms with Gasteiger partial charge in [-0.05, 0) is 19.8 Å². The van der Waals surface area contributed by atoms with Crippen LogP contribution in [0.4, 0.5) is 0 Å². The lowest BCUT2D eigenvalue weighted by molar-refractivity contribution is -0.149. The van der Waals surface area contributed by atoms with Gasteiger partial charge in [0.25, 0.3) is 0 Å². The molecule has 0 heterocycles. The van der Waals surface area contributed by atoms with Gasteiger partial charge in [0.05, 0.1) is 6.61 Å². The molecule has 0 aromatic rings. The van der Waals surface area contributed by atoms with Crippen molar-refractivity contribution in [1.82, 2.24) is 5.32 Å². The van der Waals surface area contributed by atoms with Gasteiger partial charge in [-0.2, -0.15) is 0 Å². The highest BCUT2D eigenvalue weighted by Gasteiger charge is 2.14. The summed E-state index contributed by atoms with van der Waals surface area (Å²) in [6.45, 7) is 5.98. The summed E-state index contributed by atoms with van der Waals surface area (Å²) in [7, 11) is 0. The lowest BCUT2D eigenvalue weighted by atomic mass is 10.0. The molecular formula is C11H21NO4. The first kappa shape index (κ1) is 14.9. The molecule has 0 rings (SSSR count). The molecule has 5 nitrogen and oxygen atoms in total. The van der Waals surface area contributed by atoms with Gasteiger partial charge in [-0.1, -0.05) is 13.8 Å². The maximum Gasteiger partial charge on any atom is 0.332 e. The predicted molar refractivity (Wildman–Crippen MR) is 60.1 cm³/mol. The molecule has 0 aliphatic carbocycles. The Morgan fingerprint density at radius 3 is 2.31 bits per heavy atom. The molecule has 2 N–H and O–H groups in total. The maximum absolute atomic E-state index is 11.5. The van der Waals surface area contributed by atoms with Crippen LogP contribution >= 0.6 is 0 Å². The molecule has 94 valence electrons. The van der Waals surface area contributed by atoms with E-state index in [-0.39, 0.29) is 18.4 Å². The molecule has 0 radical (unpaired) electrons. The van der Waals surface area contributed by atoms with Gasteiger partial charge in [0.15, 0.2) is 6.10 Å². The van der Waals surface area contributed by atoms with Crippen LogP contribution in [0.3, 0.4) is 0 Å². The third-order valence-electron chi connectivity index (χ3n) is 2.47. The largest absolute Gasteiger partial charge is 0.479 e. The van der Waals surface area contributed by atoms with Crippen LogP contribution in [0.5, 0.6) is 0 Å². The first-order valence-corrected chi connectivity index (χ1v) is 5.65. The maximum atomic E-state index is 11.5. The van der Waals surface area contributed by atoms with E-state index in [1.165, 1.54) is 6.92 Å². The smallest absolute Gasteiger partial charge is 0.332 e. The zero-order valence-electron chi connectivity index (χ0n) is 10.2. The summed E-state index contributed by atoms with van der Waals surface area (Å²) in [6.07, 6.45) is 0.800. The molecule has 0 spiro atoms. The summed E-state index contributed by atoms with van der Waals surface area (Å²) < 4.78 is 4.99. The third kappa shape index (κ3) is 5.70. The number of aliphatic carboxylic acids is 1. The molecule has 0 aliphatic heterocycles. The second-order valence-corrected chi connectivity index (χ2v) is 3.66. The Labute approximate surface area is 96.2 Å². The van der Waals surface area contributed by atoms with Gasteiger partial charge in [0, 0.05) is 12.5 Å². The molecule has 0 saturated carbocycles. The Hall–Kier alpha value is -1.10. The fraction of sp³-hybridized carbons (Fsp3) is 0.818.